The Kier molecular flexibility index (Phi) is 17.9. The van der Waals surface area contributed by atoms with E-state index in [1.807, 2.05) is 13.8 Å². The van der Waals surface area contributed by atoms with Crippen LogP contribution in [-0.4, -0.2) is 81.4 Å². The number of aliphatic hydroxyl groups excluding tert-OH is 6. The Morgan fingerprint density at radius 3 is 0.917 bits per heavy atom. The molecular formula is C16H34O8. The Balaban J connectivity index is -0.000000282. The molecule has 7 N–H and O–H groups in total. The fraction of sp³-hybridized carbons (Fsp3) is 0.812. The van der Waals surface area contributed by atoms with Crippen LogP contribution in [0.4, 0.5) is 0 Å². The van der Waals surface area contributed by atoms with Gasteiger partial charge in [0.25, 0.3) is 0 Å². The molecule has 0 aromatic rings. The zero-order valence-corrected chi connectivity index (χ0v) is 14.9. The number of rotatable bonds is 9. The van der Waals surface area contributed by atoms with Crippen molar-refractivity contribution in [2.45, 2.75) is 33.6 Å². The Hall–Kier alpha value is -1.03. The van der Waals surface area contributed by atoms with Crippen LogP contribution in [0.1, 0.15) is 33.6 Å². The van der Waals surface area contributed by atoms with Crippen LogP contribution in [0, 0.1) is 10.8 Å². The third-order valence-electron chi connectivity index (χ3n) is 3.88. The van der Waals surface area contributed by atoms with Crippen molar-refractivity contribution < 1.29 is 40.5 Å². The lowest BCUT2D eigenvalue weighted by atomic mass is 9.88. The Bertz CT molecular complexity index is 255. The first-order valence-electron chi connectivity index (χ1n) is 7.67. The first-order valence-corrected chi connectivity index (χ1v) is 7.67. The van der Waals surface area contributed by atoms with Gasteiger partial charge >= 0.3 is 5.97 Å². The smallest absolute Gasteiger partial charge is 0.330 e. The molecule has 146 valence electrons. The third-order valence-corrected chi connectivity index (χ3v) is 3.88. The maximum absolute atomic E-state index is 9.60. The summed E-state index contributed by atoms with van der Waals surface area (Å²) in [5.41, 5.74) is -1.16. The van der Waals surface area contributed by atoms with E-state index in [0.29, 0.717) is 12.8 Å². The first kappa shape index (κ1) is 27.8. The molecule has 0 aromatic heterocycles. The van der Waals surface area contributed by atoms with Gasteiger partial charge in [0.05, 0.1) is 39.6 Å². The van der Waals surface area contributed by atoms with Crippen molar-refractivity contribution in [1.82, 2.24) is 0 Å². The molecule has 0 aliphatic rings. The molecule has 0 atom stereocenters. The number of aliphatic hydroxyl groups is 6. The molecule has 0 saturated carbocycles. The molecule has 0 rings (SSSR count). The van der Waals surface area contributed by atoms with Crippen LogP contribution in [0.3, 0.4) is 0 Å². The second-order valence-electron chi connectivity index (χ2n) is 5.74. The number of hydrogen-bond acceptors (Lipinski definition) is 7. The van der Waals surface area contributed by atoms with Gasteiger partial charge in [-0.3, -0.25) is 0 Å². The molecule has 0 radical (unpaired) electrons. The number of carbonyl (C=O) groups is 1. The number of hydrogen-bond donors (Lipinski definition) is 7. The lowest BCUT2D eigenvalue weighted by molar-refractivity contribution is -0.132. The lowest BCUT2D eigenvalue weighted by Crippen LogP contribution is -2.32. The average molecular weight is 354 g/mol. The van der Waals surface area contributed by atoms with Gasteiger partial charge in [0.15, 0.2) is 0 Å². The summed E-state index contributed by atoms with van der Waals surface area (Å²) in [4.78, 5) is 9.60. The van der Waals surface area contributed by atoms with Crippen LogP contribution in [0.15, 0.2) is 12.2 Å². The van der Waals surface area contributed by atoms with Crippen molar-refractivity contribution >= 4 is 5.97 Å². The summed E-state index contributed by atoms with van der Waals surface area (Å²) < 4.78 is 0. The molecule has 0 saturated heterocycles. The van der Waals surface area contributed by atoms with Crippen LogP contribution in [-0.2, 0) is 4.79 Å². The molecule has 0 bridgehead atoms. The van der Waals surface area contributed by atoms with Gasteiger partial charge in [-0.1, -0.05) is 20.4 Å². The molecule has 0 unspecified atom stereocenters. The SMILES string of the molecule is C=C(C)C(=O)O.CCC(CO)(CO)CO.CCC(CO)(CO)CO. The summed E-state index contributed by atoms with van der Waals surface area (Å²) in [5, 5.41) is 59.8. The summed E-state index contributed by atoms with van der Waals surface area (Å²) in [6.07, 6.45) is 1.19. The van der Waals surface area contributed by atoms with Gasteiger partial charge < -0.3 is 35.7 Å². The van der Waals surface area contributed by atoms with Crippen LogP contribution < -0.4 is 0 Å². The van der Waals surface area contributed by atoms with Gasteiger partial charge in [0.1, 0.15) is 0 Å². The van der Waals surface area contributed by atoms with Crippen LogP contribution in [0.5, 0.6) is 0 Å². The summed E-state index contributed by atoms with van der Waals surface area (Å²) in [7, 11) is 0. The summed E-state index contributed by atoms with van der Waals surface area (Å²) in [6, 6.07) is 0. The van der Waals surface area contributed by atoms with Crippen molar-refractivity contribution in [2.75, 3.05) is 39.6 Å². The quantitative estimate of drug-likeness (QED) is 0.269. The van der Waals surface area contributed by atoms with E-state index in [2.05, 4.69) is 6.58 Å². The maximum atomic E-state index is 9.60. The predicted molar refractivity (Wildman–Crippen MR) is 90.4 cm³/mol. The molecule has 0 amide bonds. The topological polar surface area (TPSA) is 159 Å². The molecule has 0 heterocycles. The molecule has 8 nitrogen and oxygen atoms in total. The van der Waals surface area contributed by atoms with Crippen LogP contribution in [0.2, 0.25) is 0 Å². The Morgan fingerprint density at radius 2 is 0.917 bits per heavy atom. The predicted octanol–water partition coefficient (Wildman–Crippen LogP) is -0.633. The van der Waals surface area contributed by atoms with Crippen molar-refractivity contribution in [3.05, 3.63) is 12.2 Å². The molecular weight excluding hydrogens is 320 g/mol. The van der Waals surface area contributed by atoms with Gasteiger partial charge in [-0.05, 0) is 19.8 Å². The second kappa shape index (κ2) is 15.5. The van der Waals surface area contributed by atoms with Gasteiger partial charge in [-0.25, -0.2) is 4.79 Å². The molecule has 0 aliphatic heterocycles. The van der Waals surface area contributed by atoms with Crippen molar-refractivity contribution in [1.29, 1.82) is 0 Å². The van der Waals surface area contributed by atoms with E-state index in [-0.39, 0.29) is 45.2 Å². The van der Waals surface area contributed by atoms with Crippen molar-refractivity contribution in [2.24, 2.45) is 10.8 Å². The molecule has 8 heteroatoms. The van der Waals surface area contributed by atoms with E-state index in [0.717, 1.165) is 0 Å². The van der Waals surface area contributed by atoms with Crippen LogP contribution in [0.25, 0.3) is 0 Å². The highest BCUT2D eigenvalue weighted by Gasteiger charge is 2.25. The van der Waals surface area contributed by atoms with Crippen molar-refractivity contribution in [3.63, 3.8) is 0 Å². The van der Waals surface area contributed by atoms with Gasteiger partial charge in [0.2, 0.25) is 0 Å². The van der Waals surface area contributed by atoms with E-state index < -0.39 is 16.8 Å². The minimum Gasteiger partial charge on any atom is -0.478 e. The molecule has 24 heavy (non-hydrogen) atoms. The van der Waals surface area contributed by atoms with Gasteiger partial charge in [-0.15, -0.1) is 0 Å². The van der Waals surface area contributed by atoms with E-state index in [1.165, 1.54) is 6.92 Å². The Labute approximate surface area is 143 Å². The summed E-state index contributed by atoms with van der Waals surface area (Å²) >= 11 is 0. The zero-order valence-electron chi connectivity index (χ0n) is 14.9. The molecule has 0 fully saturated rings. The van der Waals surface area contributed by atoms with Gasteiger partial charge in [0, 0.05) is 16.4 Å². The summed E-state index contributed by atoms with van der Waals surface area (Å²) in [5.74, 6) is -0.935. The standard InChI is InChI=1S/2C6H14O3.C4H6O2/c2*1-2-6(3-7,4-8)5-9;1-3(2)4(5)6/h2*7-9H,2-5H2,1H3;1H2,2H3,(H,5,6). The highest BCUT2D eigenvalue weighted by atomic mass is 16.4. The zero-order chi connectivity index (χ0) is 19.8. The summed E-state index contributed by atoms with van der Waals surface area (Å²) in [6.45, 7) is 7.31. The van der Waals surface area contributed by atoms with Crippen LogP contribution >= 0.6 is 0 Å². The molecule has 0 aromatic carbocycles. The van der Waals surface area contributed by atoms with E-state index in [4.69, 9.17) is 35.7 Å². The van der Waals surface area contributed by atoms with E-state index in [1.54, 1.807) is 0 Å². The van der Waals surface area contributed by atoms with Gasteiger partial charge in [-0.2, -0.15) is 0 Å². The van der Waals surface area contributed by atoms with E-state index >= 15 is 0 Å². The number of carboxylic acid groups (broad SMARTS) is 1. The Morgan fingerprint density at radius 1 is 0.750 bits per heavy atom. The normalized spacial score (nSPS) is 10.9. The first-order chi connectivity index (χ1) is 11.1. The molecule has 0 spiro atoms. The number of aliphatic carboxylic acids is 1. The fourth-order valence-corrected chi connectivity index (χ4v) is 0.971. The van der Waals surface area contributed by atoms with Crippen molar-refractivity contribution in [3.8, 4) is 0 Å². The van der Waals surface area contributed by atoms with E-state index in [9.17, 15) is 4.79 Å². The highest BCUT2D eigenvalue weighted by molar-refractivity contribution is 5.84. The second-order valence-corrected chi connectivity index (χ2v) is 5.74. The maximum Gasteiger partial charge on any atom is 0.330 e. The number of carboxylic acids is 1. The minimum absolute atomic E-state index is 0.156. The monoisotopic (exact) mass is 354 g/mol. The highest BCUT2D eigenvalue weighted by Crippen LogP contribution is 2.18. The minimum atomic E-state index is -0.935. The fourth-order valence-electron chi connectivity index (χ4n) is 0.971. The third kappa shape index (κ3) is 11.5. The largest absolute Gasteiger partial charge is 0.478 e. The lowest BCUT2D eigenvalue weighted by Gasteiger charge is -2.24. The molecule has 0 aliphatic carbocycles. The average Bonchev–Trinajstić information content (AvgIpc) is 2.61.